The largest absolute Gasteiger partial charge is 0.417 e. The minimum Gasteiger partial charge on any atom is -0.382 e. The SMILES string of the molecule is COCC1(c2cc(NC(=O)c3cnn(C(F)F)c3)ccc2F)Cn2cc(C(F)(F)F)cc2C(N)=N1. The van der Waals surface area contributed by atoms with Gasteiger partial charge < -0.3 is 20.4 Å². The van der Waals surface area contributed by atoms with Crippen LogP contribution >= 0.6 is 0 Å². The van der Waals surface area contributed by atoms with E-state index in [1.54, 1.807) is 0 Å². The van der Waals surface area contributed by atoms with Gasteiger partial charge in [0, 0.05) is 30.8 Å². The van der Waals surface area contributed by atoms with Crippen LogP contribution in [-0.4, -0.2) is 39.8 Å². The molecule has 3 heterocycles. The van der Waals surface area contributed by atoms with E-state index in [9.17, 15) is 26.7 Å². The predicted octanol–water partition coefficient (Wildman–Crippen LogP) is 3.75. The number of aliphatic imine (C=N–C) groups is 1. The lowest BCUT2D eigenvalue weighted by atomic mass is 9.88. The maximum atomic E-state index is 15.0. The molecule has 14 heteroatoms. The first kappa shape index (κ1) is 24.3. The van der Waals surface area contributed by atoms with Crippen molar-refractivity contribution >= 4 is 17.4 Å². The summed E-state index contributed by atoms with van der Waals surface area (Å²) in [7, 11) is 1.31. The van der Waals surface area contributed by atoms with Gasteiger partial charge in [0.1, 0.15) is 17.2 Å². The van der Waals surface area contributed by atoms with E-state index in [4.69, 9.17) is 10.5 Å². The van der Waals surface area contributed by atoms with Crippen LogP contribution in [0.4, 0.5) is 32.0 Å². The number of amides is 1. The van der Waals surface area contributed by atoms with Crippen molar-refractivity contribution in [2.75, 3.05) is 19.0 Å². The van der Waals surface area contributed by atoms with Crippen LogP contribution in [0.1, 0.15) is 33.7 Å². The van der Waals surface area contributed by atoms with E-state index in [1.165, 1.54) is 23.8 Å². The van der Waals surface area contributed by atoms with E-state index in [1.807, 2.05) is 0 Å². The van der Waals surface area contributed by atoms with Crippen LogP contribution in [0.15, 0.2) is 47.8 Å². The fourth-order valence-corrected chi connectivity index (χ4v) is 3.88. The summed E-state index contributed by atoms with van der Waals surface area (Å²) in [5.74, 6) is -1.81. The molecule has 0 aliphatic carbocycles. The average molecular weight is 500 g/mol. The van der Waals surface area contributed by atoms with Crippen molar-refractivity contribution in [2.45, 2.75) is 24.8 Å². The molecule has 4 rings (SSSR count). The monoisotopic (exact) mass is 500 g/mol. The van der Waals surface area contributed by atoms with Crippen LogP contribution in [0.5, 0.6) is 0 Å². The molecule has 3 aromatic rings. The molecule has 186 valence electrons. The number of hydrogen-bond acceptors (Lipinski definition) is 5. The van der Waals surface area contributed by atoms with Crippen molar-refractivity contribution < 1.29 is 35.9 Å². The van der Waals surface area contributed by atoms with Gasteiger partial charge in [-0.2, -0.15) is 27.1 Å². The zero-order chi connectivity index (χ0) is 25.5. The average Bonchev–Trinajstić information content (AvgIpc) is 3.43. The Morgan fingerprint density at radius 1 is 1.29 bits per heavy atom. The van der Waals surface area contributed by atoms with Crippen molar-refractivity contribution in [3.8, 4) is 0 Å². The van der Waals surface area contributed by atoms with Crippen LogP contribution in [-0.2, 0) is 23.0 Å². The molecule has 0 radical (unpaired) electrons. The Kier molecular flexibility index (Phi) is 6.09. The van der Waals surface area contributed by atoms with Crippen molar-refractivity contribution in [3.05, 3.63) is 71.1 Å². The summed E-state index contributed by atoms with van der Waals surface area (Å²) in [5, 5.41) is 5.83. The number of amidine groups is 1. The van der Waals surface area contributed by atoms with E-state index < -0.39 is 35.6 Å². The summed E-state index contributed by atoms with van der Waals surface area (Å²) in [6.07, 6.45) is -1.99. The summed E-state index contributed by atoms with van der Waals surface area (Å²) in [4.78, 5) is 16.8. The molecule has 0 spiro atoms. The second-order valence-electron chi connectivity index (χ2n) is 7.84. The Balaban J connectivity index is 1.70. The highest BCUT2D eigenvalue weighted by atomic mass is 19.4. The summed E-state index contributed by atoms with van der Waals surface area (Å²) >= 11 is 0. The maximum absolute atomic E-state index is 15.0. The molecule has 1 aliphatic rings. The Morgan fingerprint density at radius 2 is 2.03 bits per heavy atom. The summed E-state index contributed by atoms with van der Waals surface area (Å²) in [5.41, 5.74) is 3.29. The number of carbonyl (C=O) groups is 1. The number of halogens is 6. The molecular weight excluding hydrogens is 482 g/mol. The molecule has 1 amide bonds. The number of nitrogens with one attached hydrogen (secondary N) is 1. The molecule has 0 saturated carbocycles. The second-order valence-corrected chi connectivity index (χ2v) is 7.84. The number of anilines is 1. The molecule has 0 bridgehead atoms. The Labute approximate surface area is 194 Å². The van der Waals surface area contributed by atoms with Gasteiger partial charge in [0.25, 0.3) is 5.91 Å². The van der Waals surface area contributed by atoms with Crippen LogP contribution in [0.3, 0.4) is 0 Å². The van der Waals surface area contributed by atoms with E-state index in [2.05, 4.69) is 15.4 Å². The number of hydrogen-bond donors (Lipinski definition) is 2. The van der Waals surface area contributed by atoms with Gasteiger partial charge in [0.15, 0.2) is 0 Å². The lowest BCUT2D eigenvalue weighted by molar-refractivity contribution is -0.137. The van der Waals surface area contributed by atoms with Crippen LogP contribution < -0.4 is 11.1 Å². The first-order chi connectivity index (χ1) is 16.4. The number of nitrogens with two attached hydrogens (primary N) is 1. The maximum Gasteiger partial charge on any atom is 0.417 e. The fourth-order valence-electron chi connectivity index (χ4n) is 3.88. The lowest BCUT2D eigenvalue weighted by Crippen LogP contribution is -2.42. The smallest absolute Gasteiger partial charge is 0.382 e. The zero-order valence-electron chi connectivity index (χ0n) is 18.0. The van der Waals surface area contributed by atoms with Gasteiger partial charge >= 0.3 is 12.7 Å². The highest BCUT2D eigenvalue weighted by molar-refractivity contribution is 6.04. The van der Waals surface area contributed by atoms with Crippen LogP contribution in [0.2, 0.25) is 0 Å². The second kappa shape index (κ2) is 8.76. The number of rotatable bonds is 6. The highest BCUT2D eigenvalue weighted by Crippen LogP contribution is 2.38. The molecule has 1 unspecified atom stereocenters. The molecule has 3 N–H and O–H groups in total. The molecular formula is C21H18F6N6O2. The van der Waals surface area contributed by atoms with E-state index >= 15 is 4.39 Å². The molecule has 1 atom stereocenters. The topological polar surface area (TPSA) is 99.5 Å². The minimum atomic E-state index is -4.62. The zero-order valence-corrected chi connectivity index (χ0v) is 18.0. The Morgan fingerprint density at radius 3 is 2.66 bits per heavy atom. The molecule has 1 aromatic carbocycles. The molecule has 0 saturated heterocycles. The minimum absolute atomic E-state index is 0.0185. The third-order valence-corrected chi connectivity index (χ3v) is 5.43. The van der Waals surface area contributed by atoms with E-state index in [0.717, 1.165) is 30.7 Å². The van der Waals surface area contributed by atoms with Crippen molar-refractivity contribution in [1.82, 2.24) is 14.3 Å². The fraction of sp³-hybridized carbons (Fsp3) is 0.286. The van der Waals surface area contributed by atoms with E-state index in [-0.39, 0.29) is 41.5 Å². The molecule has 1 aliphatic heterocycles. The number of fused-ring (bicyclic) bond motifs is 1. The van der Waals surface area contributed by atoms with Crippen LogP contribution in [0.25, 0.3) is 0 Å². The first-order valence-corrected chi connectivity index (χ1v) is 9.99. The lowest BCUT2D eigenvalue weighted by Gasteiger charge is -2.35. The molecule has 35 heavy (non-hydrogen) atoms. The number of aromatic nitrogens is 3. The predicted molar refractivity (Wildman–Crippen MR) is 112 cm³/mol. The van der Waals surface area contributed by atoms with Gasteiger partial charge in [-0.3, -0.25) is 9.79 Å². The van der Waals surface area contributed by atoms with E-state index in [0.29, 0.717) is 4.68 Å². The van der Waals surface area contributed by atoms with Gasteiger partial charge in [0.2, 0.25) is 0 Å². The number of ether oxygens (including phenoxy) is 1. The summed E-state index contributed by atoms with van der Waals surface area (Å²) < 4.78 is 86.8. The highest BCUT2D eigenvalue weighted by Gasteiger charge is 2.41. The summed E-state index contributed by atoms with van der Waals surface area (Å²) in [6, 6.07) is 4.35. The number of nitrogens with zero attached hydrogens (tertiary/aromatic N) is 4. The number of benzene rings is 1. The van der Waals surface area contributed by atoms with Crippen LogP contribution in [0, 0.1) is 5.82 Å². The molecule has 2 aromatic heterocycles. The van der Waals surface area contributed by atoms with Crippen molar-refractivity contribution in [1.29, 1.82) is 0 Å². The summed E-state index contributed by atoms with van der Waals surface area (Å²) in [6.45, 7) is -3.42. The number of methoxy groups -OCH3 is 1. The van der Waals surface area contributed by atoms with Crippen molar-refractivity contribution in [2.24, 2.45) is 10.7 Å². The molecule has 0 fully saturated rings. The third kappa shape index (κ3) is 4.60. The Hall–Kier alpha value is -3.81. The van der Waals surface area contributed by atoms with Crippen molar-refractivity contribution in [3.63, 3.8) is 0 Å². The Bertz CT molecular complexity index is 1300. The first-order valence-electron chi connectivity index (χ1n) is 9.99. The van der Waals surface area contributed by atoms with Gasteiger partial charge in [-0.15, -0.1) is 0 Å². The molecule has 8 nitrogen and oxygen atoms in total. The third-order valence-electron chi connectivity index (χ3n) is 5.43. The standard InChI is InChI=1S/C21H18F6N6O2/c1-35-10-20(9-32-8-12(21(25,26)27)4-16(32)17(28)31-20)14-5-13(2-3-15(14)22)30-18(34)11-6-29-33(7-11)19(23)24/h2-8,19H,9-10H2,1H3,(H2,28,31)(H,30,34). The normalized spacial score (nSPS) is 17.9. The van der Waals surface area contributed by atoms with Gasteiger partial charge in [-0.1, -0.05) is 0 Å². The van der Waals surface area contributed by atoms with Gasteiger partial charge in [-0.25, -0.2) is 9.07 Å². The van der Waals surface area contributed by atoms with Gasteiger partial charge in [0.05, 0.1) is 36.2 Å². The quantitative estimate of drug-likeness (QED) is 0.504. The number of carbonyl (C=O) groups excluding carboxylic acids is 1. The number of alkyl halides is 5. The van der Waals surface area contributed by atoms with Gasteiger partial charge in [-0.05, 0) is 24.3 Å².